The first-order chi connectivity index (χ1) is 13.5. The summed E-state index contributed by atoms with van der Waals surface area (Å²) < 4.78 is 5.63. The lowest BCUT2D eigenvalue weighted by atomic mass is 9.86. The Morgan fingerprint density at radius 2 is 1.75 bits per heavy atom. The Kier molecular flexibility index (Phi) is 5.56. The molecule has 6 nitrogen and oxygen atoms in total. The normalized spacial score (nSPS) is 29.1. The Morgan fingerprint density at radius 1 is 1.07 bits per heavy atom. The fourth-order valence-electron chi connectivity index (χ4n) is 4.64. The number of carbonyl (C=O) groups is 2. The number of hydrogen-bond donors (Lipinski definition) is 0. The summed E-state index contributed by atoms with van der Waals surface area (Å²) in [5, 5.41) is 0. The molecule has 0 bridgehead atoms. The van der Waals surface area contributed by atoms with Crippen LogP contribution in [0.25, 0.3) is 0 Å². The van der Waals surface area contributed by atoms with Gasteiger partial charge in [0.05, 0.1) is 12.2 Å². The minimum atomic E-state index is -0.388. The number of ether oxygens (including phenoxy) is 1. The number of hydrogen-bond acceptors (Lipinski definition) is 4. The van der Waals surface area contributed by atoms with Gasteiger partial charge in [0.1, 0.15) is 0 Å². The largest absolute Gasteiger partial charge is 0.438 e. The molecule has 2 amide bonds. The first-order valence-electron chi connectivity index (χ1n) is 10.7. The Labute approximate surface area is 167 Å². The van der Waals surface area contributed by atoms with Crippen LogP contribution in [0.2, 0.25) is 0 Å². The van der Waals surface area contributed by atoms with Gasteiger partial charge in [0.25, 0.3) is 5.91 Å². The van der Waals surface area contributed by atoms with Crippen LogP contribution in [-0.2, 0) is 4.74 Å². The molecule has 2 aliphatic heterocycles. The molecule has 1 unspecified atom stereocenters. The minimum Gasteiger partial charge on any atom is -0.438 e. The monoisotopic (exact) mass is 385 g/mol. The third-order valence-corrected chi connectivity index (χ3v) is 6.70. The van der Waals surface area contributed by atoms with Crippen LogP contribution < -0.4 is 0 Å². The van der Waals surface area contributed by atoms with Crippen molar-refractivity contribution in [3.05, 3.63) is 29.6 Å². The van der Waals surface area contributed by atoms with Gasteiger partial charge in [-0.05, 0) is 62.5 Å². The maximum atomic E-state index is 12.9. The predicted molar refractivity (Wildman–Crippen MR) is 106 cm³/mol. The van der Waals surface area contributed by atoms with E-state index in [1.165, 1.54) is 0 Å². The van der Waals surface area contributed by atoms with Gasteiger partial charge in [0.2, 0.25) is 0 Å². The summed E-state index contributed by atoms with van der Waals surface area (Å²) in [7, 11) is 0. The van der Waals surface area contributed by atoms with Gasteiger partial charge in [-0.2, -0.15) is 0 Å². The number of aromatic nitrogens is 1. The molecule has 1 aromatic heterocycles. The van der Waals surface area contributed by atoms with Crippen molar-refractivity contribution in [1.82, 2.24) is 14.8 Å². The topological polar surface area (TPSA) is 62.7 Å². The SMILES string of the molecule is CC1CCC(N2CC(c3cc(C(=O)N4CCC(C)CC4)ccn3)OC2=O)CC1. The van der Waals surface area contributed by atoms with Crippen LogP contribution in [0.4, 0.5) is 4.79 Å². The van der Waals surface area contributed by atoms with E-state index >= 15 is 0 Å². The van der Waals surface area contributed by atoms with Gasteiger partial charge < -0.3 is 14.5 Å². The second-order valence-corrected chi connectivity index (χ2v) is 8.88. The molecule has 152 valence electrons. The van der Waals surface area contributed by atoms with E-state index in [0.29, 0.717) is 23.7 Å². The maximum Gasteiger partial charge on any atom is 0.410 e. The number of pyridine rings is 1. The lowest BCUT2D eigenvalue weighted by Crippen LogP contribution is -2.38. The number of carbonyl (C=O) groups excluding carboxylic acids is 2. The highest BCUT2D eigenvalue weighted by Crippen LogP contribution is 2.33. The third-order valence-electron chi connectivity index (χ3n) is 6.70. The number of likely N-dealkylation sites (tertiary alicyclic amines) is 1. The first-order valence-corrected chi connectivity index (χ1v) is 10.7. The molecule has 1 atom stereocenters. The molecule has 1 aromatic rings. The second-order valence-electron chi connectivity index (χ2n) is 8.88. The van der Waals surface area contributed by atoms with E-state index in [2.05, 4.69) is 18.8 Å². The maximum absolute atomic E-state index is 12.9. The Hall–Kier alpha value is -2.11. The van der Waals surface area contributed by atoms with E-state index in [1.54, 1.807) is 12.3 Å². The quantitative estimate of drug-likeness (QED) is 0.788. The van der Waals surface area contributed by atoms with Crippen molar-refractivity contribution in [3.8, 4) is 0 Å². The molecular formula is C22H31N3O3. The number of rotatable bonds is 3. The summed E-state index contributed by atoms with van der Waals surface area (Å²) in [5.41, 5.74) is 1.32. The van der Waals surface area contributed by atoms with E-state index < -0.39 is 0 Å². The van der Waals surface area contributed by atoms with Gasteiger partial charge in [-0.15, -0.1) is 0 Å². The van der Waals surface area contributed by atoms with Crippen LogP contribution in [-0.4, -0.2) is 52.5 Å². The van der Waals surface area contributed by atoms with Crippen molar-refractivity contribution < 1.29 is 14.3 Å². The third kappa shape index (κ3) is 4.01. The molecule has 4 rings (SSSR count). The molecular weight excluding hydrogens is 354 g/mol. The molecule has 1 saturated carbocycles. The fraction of sp³-hybridized carbons (Fsp3) is 0.682. The van der Waals surface area contributed by atoms with E-state index in [4.69, 9.17) is 4.74 Å². The van der Waals surface area contributed by atoms with Crippen molar-refractivity contribution in [3.63, 3.8) is 0 Å². The van der Waals surface area contributed by atoms with Crippen molar-refractivity contribution in [1.29, 1.82) is 0 Å². The zero-order chi connectivity index (χ0) is 19.7. The molecule has 0 N–H and O–H groups in total. The van der Waals surface area contributed by atoms with Gasteiger partial charge in [-0.25, -0.2) is 4.79 Å². The van der Waals surface area contributed by atoms with Crippen LogP contribution in [0.1, 0.15) is 74.5 Å². The summed E-state index contributed by atoms with van der Waals surface area (Å²) >= 11 is 0. The zero-order valence-electron chi connectivity index (χ0n) is 17.0. The van der Waals surface area contributed by atoms with E-state index in [9.17, 15) is 9.59 Å². The standard InChI is InChI=1S/C22H31N3O3/c1-15-3-5-18(6-4-15)25-14-20(28-22(25)27)19-13-17(7-10-23-19)21(26)24-11-8-16(2)9-12-24/h7,10,13,15-16,18,20H,3-6,8-9,11-12,14H2,1-2H3. The summed E-state index contributed by atoms with van der Waals surface area (Å²) in [6.07, 6.45) is 7.55. The molecule has 6 heteroatoms. The molecule has 0 spiro atoms. The summed E-state index contributed by atoms with van der Waals surface area (Å²) in [6.45, 7) is 6.66. The van der Waals surface area contributed by atoms with Gasteiger partial charge in [0, 0.05) is 30.9 Å². The molecule has 28 heavy (non-hydrogen) atoms. The van der Waals surface area contributed by atoms with Gasteiger partial charge in [0.15, 0.2) is 6.10 Å². The molecule has 0 radical (unpaired) electrons. The zero-order valence-corrected chi connectivity index (χ0v) is 17.0. The molecule has 1 aliphatic carbocycles. The first kappa shape index (κ1) is 19.2. The average molecular weight is 386 g/mol. The van der Waals surface area contributed by atoms with Crippen molar-refractivity contribution in [2.45, 2.75) is 64.5 Å². The fourth-order valence-corrected chi connectivity index (χ4v) is 4.64. The Bertz CT molecular complexity index is 721. The number of amides is 2. The van der Waals surface area contributed by atoms with E-state index in [0.717, 1.165) is 57.5 Å². The smallest absolute Gasteiger partial charge is 0.410 e. The highest BCUT2D eigenvalue weighted by atomic mass is 16.6. The van der Waals surface area contributed by atoms with Crippen LogP contribution in [0.5, 0.6) is 0 Å². The molecule has 3 aliphatic rings. The van der Waals surface area contributed by atoms with Crippen LogP contribution >= 0.6 is 0 Å². The van der Waals surface area contributed by atoms with Gasteiger partial charge in [-0.3, -0.25) is 9.78 Å². The highest BCUT2D eigenvalue weighted by Gasteiger charge is 2.38. The summed E-state index contributed by atoms with van der Waals surface area (Å²) in [4.78, 5) is 33.5. The summed E-state index contributed by atoms with van der Waals surface area (Å²) in [6, 6.07) is 3.85. The molecule has 2 saturated heterocycles. The lowest BCUT2D eigenvalue weighted by Gasteiger charge is -2.31. The molecule has 3 fully saturated rings. The number of nitrogens with zero attached hydrogens (tertiary/aromatic N) is 3. The Morgan fingerprint density at radius 3 is 2.46 bits per heavy atom. The lowest BCUT2D eigenvalue weighted by molar-refractivity contribution is 0.0696. The average Bonchev–Trinajstić information content (AvgIpc) is 3.10. The minimum absolute atomic E-state index is 0.0537. The van der Waals surface area contributed by atoms with Gasteiger partial charge in [-0.1, -0.05) is 13.8 Å². The Balaban J connectivity index is 1.43. The van der Waals surface area contributed by atoms with Crippen LogP contribution in [0.15, 0.2) is 18.3 Å². The van der Waals surface area contributed by atoms with E-state index in [1.807, 2.05) is 15.9 Å². The van der Waals surface area contributed by atoms with Crippen molar-refractivity contribution in [2.24, 2.45) is 11.8 Å². The van der Waals surface area contributed by atoms with Crippen molar-refractivity contribution >= 4 is 12.0 Å². The molecule has 3 heterocycles. The van der Waals surface area contributed by atoms with Gasteiger partial charge >= 0.3 is 6.09 Å². The number of piperidine rings is 1. The second kappa shape index (κ2) is 8.10. The van der Waals surface area contributed by atoms with Crippen molar-refractivity contribution in [2.75, 3.05) is 19.6 Å². The molecule has 0 aromatic carbocycles. The summed E-state index contributed by atoms with van der Waals surface area (Å²) in [5.74, 6) is 1.48. The number of cyclic esters (lactones) is 1. The highest BCUT2D eigenvalue weighted by molar-refractivity contribution is 5.94. The predicted octanol–water partition coefficient (Wildman–Crippen LogP) is 4.03. The van der Waals surface area contributed by atoms with Crippen LogP contribution in [0.3, 0.4) is 0 Å². The van der Waals surface area contributed by atoms with E-state index in [-0.39, 0.29) is 24.1 Å². The van der Waals surface area contributed by atoms with Crippen LogP contribution in [0, 0.1) is 11.8 Å².